The van der Waals surface area contributed by atoms with E-state index < -0.39 is 0 Å². The Morgan fingerprint density at radius 1 is 1.20 bits per heavy atom. The fraction of sp³-hybridized carbons (Fsp3) is 0.267. The summed E-state index contributed by atoms with van der Waals surface area (Å²) in [5.41, 5.74) is 3.79. The normalized spacial score (nSPS) is 10.8. The molecule has 0 bridgehead atoms. The number of aliphatic hydroxyl groups excluding tert-OH is 1. The van der Waals surface area contributed by atoms with E-state index in [-0.39, 0.29) is 12.2 Å². The van der Waals surface area contributed by atoms with Crippen molar-refractivity contribution < 1.29 is 5.11 Å². The van der Waals surface area contributed by atoms with E-state index in [1.165, 1.54) is 22.9 Å². The SMILES string of the molecule is Cc1cc(C)cc(Sc2c(CO)c(C)[nH]c(=O)c2I)c1. The molecule has 5 heteroatoms. The molecule has 106 valence electrons. The van der Waals surface area contributed by atoms with E-state index >= 15 is 0 Å². The van der Waals surface area contributed by atoms with Gasteiger partial charge in [0, 0.05) is 21.0 Å². The first-order chi connectivity index (χ1) is 9.42. The maximum atomic E-state index is 11.9. The lowest BCUT2D eigenvalue weighted by Crippen LogP contribution is -2.15. The van der Waals surface area contributed by atoms with E-state index in [4.69, 9.17) is 0 Å². The summed E-state index contributed by atoms with van der Waals surface area (Å²) in [4.78, 5) is 16.6. The molecule has 0 saturated carbocycles. The predicted octanol–water partition coefficient (Wildman–Crippen LogP) is 3.55. The molecule has 2 rings (SSSR count). The Labute approximate surface area is 136 Å². The summed E-state index contributed by atoms with van der Waals surface area (Å²) >= 11 is 3.57. The third-order valence-electron chi connectivity index (χ3n) is 3.00. The number of aromatic nitrogens is 1. The average Bonchev–Trinajstić information content (AvgIpc) is 2.34. The summed E-state index contributed by atoms with van der Waals surface area (Å²) in [6.07, 6.45) is 0. The molecular formula is C15H16INO2S. The van der Waals surface area contributed by atoms with Crippen LogP contribution in [0, 0.1) is 24.3 Å². The number of rotatable bonds is 3. The van der Waals surface area contributed by atoms with Gasteiger partial charge in [-0.3, -0.25) is 4.79 Å². The van der Waals surface area contributed by atoms with Crippen LogP contribution in [0.2, 0.25) is 0 Å². The van der Waals surface area contributed by atoms with Gasteiger partial charge in [0.05, 0.1) is 10.2 Å². The highest BCUT2D eigenvalue weighted by Crippen LogP contribution is 2.34. The van der Waals surface area contributed by atoms with Gasteiger partial charge in [-0.2, -0.15) is 0 Å². The van der Waals surface area contributed by atoms with Crippen molar-refractivity contribution >= 4 is 34.4 Å². The number of benzene rings is 1. The van der Waals surface area contributed by atoms with Crippen LogP contribution in [0.3, 0.4) is 0 Å². The van der Waals surface area contributed by atoms with Crippen LogP contribution < -0.4 is 5.56 Å². The number of pyridine rings is 1. The smallest absolute Gasteiger partial charge is 0.262 e. The lowest BCUT2D eigenvalue weighted by atomic mass is 10.2. The molecule has 0 atom stereocenters. The van der Waals surface area contributed by atoms with E-state index in [1.807, 2.05) is 29.5 Å². The molecule has 0 amide bonds. The van der Waals surface area contributed by atoms with E-state index in [2.05, 4.69) is 37.0 Å². The van der Waals surface area contributed by atoms with E-state index in [1.54, 1.807) is 0 Å². The minimum Gasteiger partial charge on any atom is -0.392 e. The molecule has 20 heavy (non-hydrogen) atoms. The molecule has 0 aliphatic heterocycles. The van der Waals surface area contributed by atoms with Gasteiger partial charge in [0.15, 0.2) is 0 Å². The van der Waals surface area contributed by atoms with E-state index in [9.17, 15) is 9.90 Å². The molecule has 1 aromatic carbocycles. The molecule has 0 radical (unpaired) electrons. The van der Waals surface area contributed by atoms with Crippen LogP contribution in [0.4, 0.5) is 0 Å². The van der Waals surface area contributed by atoms with Gasteiger partial charge in [0.1, 0.15) is 0 Å². The molecule has 0 spiro atoms. The maximum absolute atomic E-state index is 11.9. The summed E-state index contributed by atoms with van der Waals surface area (Å²) in [5.74, 6) is 0. The molecule has 1 aromatic heterocycles. The third-order valence-corrected chi connectivity index (χ3v) is 5.52. The number of aromatic amines is 1. The van der Waals surface area contributed by atoms with Crippen LogP contribution in [-0.4, -0.2) is 10.1 Å². The van der Waals surface area contributed by atoms with Crippen LogP contribution in [0.25, 0.3) is 0 Å². The van der Waals surface area contributed by atoms with Gasteiger partial charge in [0.25, 0.3) is 5.56 Å². The highest BCUT2D eigenvalue weighted by Gasteiger charge is 2.14. The molecule has 2 aromatic rings. The predicted molar refractivity (Wildman–Crippen MR) is 90.5 cm³/mol. The minimum atomic E-state index is -0.104. The van der Waals surface area contributed by atoms with Crippen LogP contribution in [0.1, 0.15) is 22.4 Å². The first kappa shape index (κ1) is 15.6. The van der Waals surface area contributed by atoms with Crippen molar-refractivity contribution in [3.8, 4) is 0 Å². The summed E-state index contributed by atoms with van der Waals surface area (Å²) < 4.78 is 0.626. The zero-order valence-corrected chi connectivity index (χ0v) is 14.6. The number of aliphatic hydroxyl groups is 1. The van der Waals surface area contributed by atoms with Crippen molar-refractivity contribution in [2.75, 3.05) is 0 Å². The zero-order valence-electron chi connectivity index (χ0n) is 11.6. The van der Waals surface area contributed by atoms with Crippen molar-refractivity contribution in [2.45, 2.75) is 37.2 Å². The van der Waals surface area contributed by atoms with E-state index in [0.29, 0.717) is 3.57 Å². The highest BCUT2D eigenvalue weighted by molar-refractivity contribution is 14.1. The van der Waals surface area contributed by atoms with Crippen LogP contribution in [0.5, 0.6) is 0 Å². The second-order valence-electron chi connectivity index (χ2n) is 4.78. The average molecular weight is 401 g/mol. The highest BCUT2D eigenvalue weighted by atomic mass is 127. The molecule has 1 heterocycles. The summed E-state index contributed by atoms with van der Waals surface area (Å²) in [5, 5.41) is 9.56. The minimum absolute atomic E-state index is 0.0776. The Morgan fingerprint density at radius 3 is 2.35 bits per heavy atom. The van der Waals surface area contributed by atoms with Crippen LogP contribution in [-0.2, 0) is 6.61 Å². The molecule has 0 fully saturated rings. The lowest BCUT2D eigenvalue weighted by Gasteiger charge is -2.12. The third kappa shape index (κ3) is 3.27. The van der Waals surface area contributed by atoms with Crippen LogP contribution in [0.15, 0.2) is 32.8 Å². The van der Waals surface area contributed by atoms with Crippen molar-refractivity contribution in [3.05, 3.63) is 54.5 Å². The Bertz CT molecular complexity index is 690. The molecular weight excluding hydrogens is 385 g/mol. The van der Waals surface area contributed by atoms with Crippen molar-refractivity contribution in [2.24, 2.45) is 0 Å². The number of hydrogen-bond acceptors (Lipinski definition) is 3. The monoisotopic (exact) mass is 401 g/mol. The van der Waals surface area contributed by atoms with Gasteiger partial charge in [-0.15, -0.1) is 0 Å². The molecule has 0 unspecified atom stereocenters. The zero-order chi connectivity index (χ0) is 14.9. The topological polar surface area (TPSA) is 53.1 Å². The molecule has 0 saturated heterocycles. The van der Waals surface area contributed by atoms with Gasteiger partial charge >= 0.3 is 0 Å². The second kappa shape index (κ2) is 6.32. The second-order valence-corrected chi connectivity index (χ2v) is 6.95. The molecule has 0 aliphatic carbocycles. The fourth-order valence-corrected chi connectivity index (χ4v) is 4.15. The summed E-state index contributed by atoms with van der Waals surface area (Å²) in [6.45, 7) is 5.84. The Morgan fingerprint density at radius 2 is 1.80 bits per heavy atom. The molecule has 0 aliphatic rings. The number of nitrogens with one attached hydrogen (secondary N) is 1. The van der Waals surface area contributed by atoms with Gasteiger partial charge in [-0.25, -0.2) is 0 Å². The first-order valence-corrected chi connectivity index (χ1v) is 8.10. The van der Waals surface area contributed by atoms with Gasteiger partial charge < -0.3 is 10.1 Å². The fourth-order valence-electron chi connectivity index (χ4n) is 2.11. The molecule has 3 nitrogen and oxygen atoms in total. The quantitative estimate of drug-likeness (QED) is 0.774. The number of hydrogen-bond donors (Lipinski definition) is 2. The van der Waals surface area contributed by atoms with Crippen molar-refractivity contribution in [3.63, 3.8) is 0 Å². The first-order valence-electron chi connectivity index (χ1n) is 6.20. The van der Waals surface area contributed by atoms with Gasteiger partial charge in [-0.05, 0) is 66.6 Å². The largest absolute Gasteiger partial charge is 0.392 e. The number of aryl methyl sites for hydroxylation is 3. The Kier molecular flexibility index (Phi) is 4.93. The Hall–Kier alpha value is -0.790. The molecule has 2 N–H and O–H groups in total. The van der Waals surface area contributed by atoms with Crippen LogP contribution >= 0.6 is 34.4 Å². The van der Waals surface area contributed by atoms with Gasteiger partial charge in [-0.1, -0.05) is 17.8 Å². The lowest BCUT2D eigenvalue weighted by molar-refractivity contribution is 0.277. The van der Waals surface area contributed by atoms with Gasteiger partial charge in [0.2, 0.25) is 0 Å². The maximum Gasteiger partial charge on any atom is 0.262 e. The summed E-state index contributed by atoms with van der Waals surface area (Å²) in [6, 6.07) is 6.29. The Balaban J connectivity index is 2.55. The standard InChI is InChI=1S/C15H16INO2S/c1-8-4-9(2)6-11(5-8)20-14-12(7-18)10(3)17-15(19)13(14)16/h4-6,18H,7H2,1-3H3,(H,17,19). The van der Waals surface area contributed by atoms with E-state index in [0.717, 1.165) is 21.0 Å². The number of H-pyrrole nitrogens is 1. The van der Waals surface area contributed by atoms with Crippen molar-refractivity contribution in [1.82, 2.24) is 4.98 Å². The van der Waals surface area contributed by atoms with Crippen molar-refractivity contribution in [1.29, 1.82) is 0 Å². The number of halogens is 1. The summed E-state index contributed by atoms with van der Waals surface area (Å²) in [7, 11) is 0.